The fourth-order valence-electron chi connectivity index (χ4n) is 4.33. The van der Waals surface area contributed by atoms with Crippen LogP contribution in [0, 0.1) is 19.7 Å². The summed E-state index contributed by atoms with van der Waals surface area (Å²) in [6, 6.07) is 8.55. The lowest BCUT2D eigenvalue weighted by Gasteiger charge is -2.23. The van der Waals surface area contributed by atoms with Crippen LogP contribution < -0.4 is 20.1 Å². The Morgan fingerprint density at radius 1 is 1.18 bits per heavy atom. The van der Waals surface area contributed by atoms with Crippen molar-refractivity contribution in [1.29, 1.82) is 0 Å². The number of benzene rings is 2. The van der Waals surface area contributed by atoms with Crippen LogP contribution in [0.5, 0.6) is 11.6 Å². The molecule has 0 spiro atoms. The van der Waals surface area contributed by atoms with Gasteiger partial charge in [0.2, 0.25) is 11.8 Å². The van der Waals surface area contributed by atoms with Gasteiger partial charge in [0.1, 0.15) is 10.6 Å². The molecular formula is C25H25F3N6O2S2. The third-order valence-corrected chi connectivity index (χ3v) is 7.82. The number of nitrogens with one attached hydrogen (secondary N) is 3. The second-order valence-corrected chi connectivity index (χ2v) is 11.1. The summed E-state index contributed by atoms with van der Waals surface area (Å²) in [4.78, 5) is 14.2. The second-order valence-electron chi connectivity index (χ2n) is 8.77. The Labute approximate surface area is 223 Å². The summed E-state index contributed by atoms with van der Waals surface area (Å²) in [7, 11) is -2.77. The molecule has 8 nitrogen and oxygen atoms in total. The maximum Gasteiger partial charge on any atom is 0.330 e. The van der Waals surface area contributed by atoms with E-state index in [4.69, 9.17) is 4.74 Å². The lowest BCUT2D eigenvalue weighted by atomic mass is 10.0. The first-order valence-corrected chi connectivity index (χ1v) is 14.0. The van der Waals surface area contributed by atoms with Gasteiger partial charge in [0, 0.05) is 35.1 Å². The van der Waals surface area contributed by atoms with Crippen LogP contribution in [0.1, 0.15) is 23.4 Å². The standard InChI is InChI=1S/C25H25F3N6O2S2/c1-13-19(26)20(34-38(35)24(27)28)16-7-3-4-8-17(16)21(13)36-23-22(37-14(2)31-23)18-9-11-30-25(33-18)32-15-6-5-10-29-12-15/h3-4,7-9,11,15,24,29,34H,5-6,10,12H2,1-2H3,(H,30,32,33). The number of nitrogens with zero attached hydrogens (tertiary/aromatic N) is 3. The smallest absolute Gasteiger partial charge is 0.330 e. The number of piperidine rings is 1. The number of anilines is 2. The van der Waals surface area contributed by atoms with E-state index in [-0.39, 0.29) is 34.3 Å². The average Bonchev–Trinajstić information content (AvgIpc) is 3.29. The number of ether oxygens (including phenoxy) is 1. The summed E-state index contributed by atoms with van der Waals surface area (Å²) >= 11 is 1.38. The minimum absolute atomic E-state index is 0.0592. The molecule has 0 aliphatic carbocycles. The van der Waals surface area contributed by atoms with Gasteiger partial charge in [-0.25, -0.2) is 23.6 Å². The quantitative estimate of drug-likeness (QED) is 0.251. The minimum atomic E-state index is -3.17. The van der Waals surface area contributed by atoms with Crippen LogP contribution in [0.4, 0.5) is 24.8 Å². The Hall–Kier alpha value is -3.29. The van der Waals surface area contributed by atoms with Gasteiger partial charge < -0.3 is 15.4 Å². The molecule has 1 aliphatic rings. The topological polar surface area (TPSA) is 101 Å². The van der Waals surface area contributed by atoms with Crippen molar-refractivity contribution >= 4 is 44.7 Å². The monoisotopic (exact) mass is 562 g/mol. The zero-order chi connectivity index (χ0) is 26.8. The molecule has 1 saturated heterocycles. The normalized spacial score (nSPS) is 16.5. The Morgan fingerprint density at radius 3 is 2.71 bits per heavy atom. The molecule has 2 unspecified atom stereocenters. The van der Waals surface area contributed by atoms with E-state index in [1.54, 1.807) is 36.5 Å². The van der Waals surface area contributed by atoms with Crippen LogP contribution in [-0.2, 0) is 11.0 Å². The van der Waals surface area contributed by atoms with Crippen LogP contribution in [0.15, 0.2) is 36.5 Å². The largest absolute Gasteiger partial charge is 0.436 e. The van der Waals surface area contributed by atoms with Gasteiger partial charge in [-0.2, -0.15) is 8.78 Å². The molecule has 0 radical (unpaired) electrons. The van der Waals surface area contributed by atoms with E-state index in [1.165, 1.54) is 18.3 Å². The van der Waals surface area contributed by atoms with E-state index in [9.17, 15) is 13.0 Å². The Kier molecular flexibility index (Phi) is 7.77. The Bertz CT molecular complexity index is 1490. The first kappa shape index (κ1) is 26.3. The summed E-state index contributed by atoms with van der Waals surface area (Å²) in [6.07, 6.45) is 3.74. The Morgan fingerprint density at radius 2 is 1.97 bits per heavy atom. The molecule has 0 saturated carbocycles. The fourth-order valence-corrected chi connectivity index (χ4v) is 5.64. The Balaban J connectivity index is 1.52. The van der Waals surface area contributed by atoms with E-state index >= 15 is 4.39 Å². The summed E-state index contributed by atoms with van der Waals surface area (Å²) in [5.74, 6) is -3.11. The SMILES string of the molecule is Cc1nc(Oc2c(C)c(F)c(NS(=O)C(F)F)c3ccccc23)c(-c2ccnc(NC3CCCNC3)n2)s1. The van der Waals surface area contributed by atoms with Crippen molar-refractivity contribution in [3.8, 4) is 22.2 Å². The van der Waals surface area contributed by atoms with Crippen molar-refractivity contribution in [3.63, 3.8) is 0 Å². The lowest BCUT2D eigenvalue weighted by Crippen LogP contribution is -2.38. The molecule has 2 atom stereocenters. The number of alkyl halides is 2. The number of hydrogen-bond donors (Lipinski definition) is 3. The zero-order valence-corrected chi connectivity index (χ0v) is 22.2. The number of halogens is 3. The number of rotatable bonds is 8. The van der Waals surface area contributed by atoms with Crippen LogP contribution in [-0.4, -0.2) is 44.0 Å². The van der Waals surface area contributed by atoms with Crippen LogP contribution in [0.2, 0.25) is 0 Å². The molecular weight excluding hydrogens is 537 g/mol. The highest BCUT2D eigenvalue weighted by molar-refractivity contribution is 7.86. The maximum absolute atomic E-state index is 15.4. The molecule has 200 valence electrons. The van der Waals surface area contributed by atoms with Gasteiger partial charge in [0.05, 0.1) is 16.4 Å². The predicted molar refractivity (Wildman–Crippen MR) is 144 cm³/mol. The summed E-state index contributed by atoms with van der Waals surface area (Å²) < 4.78 is 61.5. The molecule has 2 aromatic carbocycles. The number of aromatic nitrogens is 3. The van der Waals surface area contributed by atoms with E-state index < -0.39 is 22.6 Å². The number of thiazole rings is 1. The van der Waals surface area contributed by atoms with Crippen molar-refractivity contribution in [2.24, 2.45) is 0 Å². The molecule has 13 heteroatoms. The predicted octanol–water partition coefficient (Wildman–Crippen LogP) is 5.76. The van der Waals surface area contributed by atoms with Crippen LogP contribution in [0.3, 0.4) is 0 Å². The van der Waals surface area contributed by atoms with Gasteiger partial charge in [0.15, 0.2) is 16.8 Å². The molecule has 38 heavy (non-hydrogen) atoms. The van der Waals surface area contributed by atoms with Crippen molar-refractivity contribution in [2.45, 2.75) is 38.5 Å². The van der Waals surface area contributed by atoms with Crippen LogP contribution >= 0.6 is 11.3 Å². The fraction of sp³-hybridized carbons (Fsp3) is 0.320. The number of hydrogen-bond acceptors (Lipinski definition) is 8. The van der Waals surface area contributed by atoms with Crippen molar-refractivity contribution < 1.29 is 22.1 Å². The molecule has 3 heterocycles. The van der Waals surface area contributed by atoms with Gasteiger partial charge >= 0.3 is 5.76 Å². The highest BCUT2D eigenvalue weighted by atomic mass is 32.2. The lowest BCUT2D eigenvalue weighted by molar-refractivity contribution is 0.244. The third-order valence-electron chi connectivity index (χ3n) is 6.11. The number of aryl methyl sites for hydroxylation is 1. The summed E-state index contributed by atoms with van der Waals surface area (Å²) in [5.41, 5.74) is 0.381. The first-order chi connectivity index (χ1) is 18.3. The van der Waals surface area contributed by atoms with Crippen LogP contribution in [0.25, 0.3) is 21.3 Å². The van der Waals surface area contributed by atoms with E-state index in [1.807, 2.05) is 6.92 Å². The molecule has 4 aromatic rings. The zero-order valence-electron chi connectivity index (χ0n) is 20.6. The van der Waals surface area contributed by atoms with Gasteiger partial charge in [-0.1, -0.05) is 24.3 Å². The van der Waals surface area contributed by atoms with Crippen molar-refractivity contribution in [2.75, 3.05) is 23.1 Å². The third kappa shape index (κ3) is 5.45. The molecule has 5 rings (SSSR count). The van der Waals surface area contributed by atoms with E-state index in [0.717, 1.165) is 25.9 Å². The molecule has 3 N–H and O–H groups in total. The van der Waals surface area contributed by atoms with Gasteiger partial charge in [-0.05, 0) is 39.3 Å². The second kappa shape index (κ2) is 11.2. The maximum atomic E-state index is 15.4. The molecule has 1 aliphatic heterocycles. The van der Waals surface area contributed by atoms with Gasteiger partial charge in [-0.3, -0.25) is 4.72 Å². The molecule has 1 fully saturated rings. The van der Waals surface area contributed by atoms with Crippen molar-refractivity contribution in [3.05, 3.63) is 52.9 Å². The molecule has 0 bridgehead atoms. The highest BCUT2D eigenvalue weighted by Crippen LogP contribution is 2.43. The van der Waals surface area contributed by atoms with Crippen molar-refractivity contribution in [1.82, 2.24) is 20.3 Å². The highest BCUT2D eigenvalue weighted by Gasteiger charge is 2.24. The summed E-state index contributed by atoms with van der Waals surface area (Å²) in [6.45, 7) is 5.12. The molecule has 2 aromatic heterocycles. The summed E-state index contributed by atoms with van der Waals surface area (Å²) in [5, 5.41) is 8.13. The van der Waals surface area contributed by atoms with Gasteiger partial charge in [-0.15, -0.1) is 11.3 Å². The minimum Gasteiger partial charge on any atom is -0.436 e. The van der Waals surface area contributed by atoms with E-state index in [0.29, 0.717) is 26.9 Å². The average molecular weight is 563 g/mol. The van der Waals surface area contributed by atoms with E-state index in [2.05, 4.69) is 30.3 Å². The first-order valence-electron chi connectivity index (χ1n) is 11.9. The van der Waals surface area contributed by atoms with Gasteiger partial charge in [0.25, 0.3) is 0 Å². The number of fused-ring (bicyclic) bond motifs is 1. The molecule has 0 amide bonds.